The van der Waals surface area contributed by atoms with Crippen LogP contribution in [0.3, 0.4) is 0 Å². The lowest BCUT2D eigenvalue weighted by molar-refractivity contribution is 0.0626. The van der Waals surface area contributed by atoms with Gasteiger partial charge in [-0.25, -0.2) is 4.39 Å². The summed E-state index contributed by atoms with van der Waals surface area (Å²) in [5.41, 5.74) is 0.313. The maximum Gasteiger partial charge on any atom is 0.292 e. The second-order valence-corrected chi connectivity index (χ2v) is 6.33. The summed E-state index contributed by atoms with van der Waals surface area (Å²) in [5.74, 6) is 0.576. The van der Waals surface area contributed by atoms with Crippen LogP contribution < -0.4 is 0 Å². The van der Waals surface area contributed by atoms with Gasteiger partial charge in [0.2, 0.25) is 17.5 Å². The minimum atomic E-state index is -0.388. The third kappa shape index (κ3) is 3.35. The van der Waals surface area contributed by atoms with Gasteiger partial charge >= 0.3 is 0 Å². The van der Waals surface area contributed by atoms with E-state index in [1.54, 1.807) is 29.2 Å². The monoisotopic (exact) mass is 356 g/mol. The predicted octanol–water partition coefficient (Wildman–Crippen LogP) is 2.96. The van der Waals surface area contributed by atoms with Gasteiger partial charge in [0.05, 0.1) is 11.8 Å². The summed E-state index contributed by atoms with van der Waals surface area (Å²) in [4.78, 5) is 18.4. The summed E-state index contributed by atoms with van der Waals surface area (Å²) in [6.07, 6.45) is 3.84. The standard InChI is InChI=1S/C18H17FN4O3/c19-14-6-2-1-5-13(14)17-21-16(26-22-17)10-12-4-3-9-23(11-12)18(24)15-7-8-20-25-15/h1-2,5-8,12H,3-4,9-11H2/t12-/m0/s1. The largest absolute Gasteiger partial charge is 0.351 e. The van der Waals surface area contributed by atoms with Gasteiger partial charge in [0.15, 0.2) is 0 Å². The highest BCUT2D eigenvalue weighted by Crippen LogP contribution is 2.24. The fraction of sp³-hybridized carbons (Fsp3) is 0.333. The maximum absolute atomic E-state index is 13.8. The zero-order chi connectivity index (χ0) is 17.9. The fourth-order valence-electron chi connectivity index (χ4n) is 3.23. The second-order valence-electron chi connectivity index (χ2n) is 6.33. The maximum atomic E-state index is 13.8. The van der Waals surface area contributed by atoms with E-state index in [1.807, 2.05) is 0 Å². The Morgan fingerprint density at radius 3 is 2.96 bits per heavy atom. The molecule has 26 heavy (non-hydrogen) atoms. The molecule has 0 N–H and O–H groups in total. The molecule has 1 fully saturated rings. The molecule has 2 aromatic heterocycles. The van der Waals surface area contributed by atoms with E-state index in [1.165, 1.54) is 12.3 Å². The lowest BCUT2D eigenvalue weighted by atomic mass is 9.94. The molecule has 0 aliphatic carbocycles. The predicted molar refractivity (Wildman–Crippen MR) is 88.5 cm³/mol. The molecule has 7 nitrogen and oxygen atoms in total. The van der Waals surface area contributed by atoms with Crippen LogP contribution in [0.1, 0.15) is 29.3 Å². The topological polar surface area (TPSA) is 85.3 Å². The van der Waals surface area contributed by atoms with E-state index in [9.17, 15) is 9.18 Å². The van der Waals surface area contributed by atoms with Crippen LogP contribution in [0.15, 0.2) is 45.6 Å². The van der Waals surface area contributed by atoms with Gasteiger partial charge in [-0.2, -0.15) is 4.98 Å². The lowest BCUT2D eigenvalue weighted by Crippen LogP contribution is -2.40. The van der Waals surface area contributed by atoms with Crippen LogP contribution in [-0.2, 0) is 6.42 Å². The van der Waals surface area contributed by atoms with Crippen molar-refractivity contribution in [2.75, 3.05) is 13.1 Å². The van der Waals surface area contributed by atoms with Crippen LogP contribution in [0, 0.1) is 11.7 Å². The van der Waals surface area contributed by atoms with E-state index in [4.69, 9.17) is 9.05 Å². The highest BCUT2D eigenvalue weighted by Gasteiger charge is 2.27. The smallest absolute Gasteiger partial charge is 0.292 e. The first kappa shape index (κ1) is 16.4. The molecule has 8 heteroatoms. The number of halogens is 1. The number of carbonyl (C=O) groups is 1. The molecule has 1 aliphatic heterocycles. The van der Waals surface area contributed by atoms with Crippen molar-refractivity contribution >= 4 is 5.91 Å². The zero-order valence-corrected chi connectivity index (χ0v) is 14.0. The Hall–Kier alpha value is -3.03. The van der Waals surface area contributed by atoms with Crippen molar-refractivity contribution in [2.45, 2.75) is 19.3 Å². The molecule has 0 radical (unpaired) electrons. The average molecular weight is 356 g/mol. The van der Waals surface area contributed by atoms with Gasteiger partial charge < -0.3 is 13.9 Å². The van der Waals surface area contributed by atoms with Crippen molar-refractivity contribution in [3.8, 4) is 11.4 Å². The van der Waals surface area contributed by atoms with Gasteiger partial charge in [-0.05, 0) is 30.9 Å². The van der Waals surface area contributed by atoms with Gasteiger partial charge in [-0.3, -0.25) is 4.79 Å². The van der Waals surface area contributed by atoms with Gasteiger partial charge in [0, 0.05) is 25.6 Å². The number of amides is 1. The Balaban J connectivity index is 1.43. The van der Waals surface area contributed by atoms with E-state index >= 15 is 0 Å². The van der Waals surface area contributed by atoms with Crippen LogP contribution in [0.2, 0.25) is 0 Å². The number of benzene rings is 1. The molecule has 0 unspecified atom stereocenters. The van der Waals surface area contributed by atoms with Crippen molar-refractivity contribution in [1.82, 2.24) is 20.2 Å². The lowest BCUT2D eigenvalue weighted by Gasteiger charge is -2.31. The summed E-state index contributed by atoms with van der Waals surface area (Å²) < 4.78 is 24.1. The fourth-order valence-corrected chi connectivity index (χ4v) is 3.23. The Labute approximate surface area is 148 Å². The molecule has 1 aromatic carbocycles. The number of piperidine rings is 1. The van der Waals surface area contributed by atoms with Crippen LogP contribution in [0.25, 0.3) is 11.4 Å². The minimum absolute atomic E-state index is 0.162. The van der Waals surface area contributed by atoms with Crippen LogP contribution in [0.5, 0.6) is 0 Å². The van der Waals surface area contributed by atoms with Crippen molar-refractivity contribution < 1.29 is 18.2 Å². The summed E-state index contributed by atoms with van der Waals surface area (Å²) >= 11 is 0. The van der Waals surface area contributed by atoms with E-state index in [2.05, 4.69) is 15.3 Å². The third-order valence-electron chi connectivity index (χ3n) is 4.50. The number of rotatable bonds is 4. The molecule has 4 rings (SSSR count). The van der Waals surface area contributed by atoms with Crippen LogP contribution in [-0.4, -0.2) is 39.2 Å². The quantitative estimate of drug-likeness (QED) is 0.714. The molecule has 134 valence electrons. The highest BCUT2D eigenvalue weighted by molar-refractivity contribution is 5.91. The normalized spacial score (nSPS) is 17.4. The first-order valence-corrected chi connectivity index (χ1v) is 8.48. The van der Waals surface area contributed by atoms with Gasteiger partial charge in [0.25, 0.3) is 5.91 Å². The molecule has 0 bridgehead atoms. The van der Waals surface area contributed by atoms with Gasteiger partial charge in [0.1, 0.15) is 5.82 Å². The third-order valence-corrected chi connectivity index (χ3v) is 4.50. The molecule has 3 heterocycles. The van der Waals surface area contributed by atoms with Crippen LogP contribution >= 0.6 is 0 Å². The molecular weight excluding hydrogens is 339 g/mol. The van der Waals surface area contributed by atoms with E-state index < -0.39 is 0 Å². The van der Waals surface area contributed by atoms with Gasteiger partial charge in [-0.1, -0.05) is 22.4 Å². The SMILES string of the molecule is O=C(c1ccno1)N1CCC[C@@H](Cc2nc(-c3ccccc3F)no2)C1. The molecule has 3 aromatic rings. The number of carbonyl (C=O) groups excluding carboxylic acids is 1. The Kier molecular flexibility index (Phi) is 4.47. The van der Waals surface area contributed by atoms with Crippen molar-refractivity contribution in [3.63, 3.8) is 0 Å². The number of aromatic nitrogens is 3. The van der Waals surface area contributed by atoms with E-state index in [0.29, 0.717) is 31.0 Å². The highest BCUT2D eigenvalue weighted by atomic mass is 19.1. The summed E-state index contributed by atoms with van der Waals surface area (Å²) in [5, 5.41) is 7.45. The average Bonchev–Trinajstić information content (AvgIpc) is 3.34. The van der Waals surface area contributed by atoms with E-state index in [0.717, 1.165) is 12.8 Å². The number of hydrogen-bond acceptors (Lipinski definition) is 6. The molecular formula is C18H17FN4O3. The second kappa shape index (κ2) is 7.07. The van der Waals surface area contributed by atoms with Crippen molar-refractivity contribution in [3.05, 3.63) is 54.0 Å². The van der Waals surface area contributed by atoms with Crippen molar-refractivity contribution in [1.29, 1.82) is 0 Å². The Morgan fingerprint density at radius 2 is 2.15 bits per heavy atom. The van der Waals surface area contributed by atoms with Crippen LogP contribution in [0.4, 0.5) is 4.39 Å². The number of likely N-dealkylation sites (tertiary alicyclic amines) is 1. The van der Waals surface area contributed by atoms with Crippen molar-refractivity contribution in [2.24, 2.45) is 5.92 Å². The zero-order valence-electron chi connectivity index (χ0n) is 14.0. The Morgan fingerprint density at radius 1 is 1.27 bits per heavy atom. The Bertz CT molecular complexity index is 893. The molecule has 0 saturated carbocycles. The first-order valence-electron chi connectivity index (χ1n) is 8.48. The van der Waals surface area contributed by atoms with Gasteiger partial charge in [-0.15, -0.1) is 0 Å². The minimum Gasteiger partial charge on any atom is -0.351 e. The summed E-state index contributed by atoms with van der Waals surface area (Å²) in [7, 11) is 0. The van der Waals surface area contributed by atoms with E-state index in [-0.39, 0.29) is 29.2 Å². The first-order chi connectivity index (χ1) is 12.7. The molecule has 1 amide bonds. The molecule has 1 saturated heterocycles. The number of hydrogen-bond donors (Lipinski definition) is 0. The molecule has 1 atom stereocenters. The number of nitrogens with zero attached hydrogens (tertiary/aromatic N) is 4. The molecule has 0 spiro atoms. The summed E-state index contributed by atoms with van der Waals surface area (Å²) in [6, 6.07) is 7.87. The summed E-state index contributed by atoms with van der Waals surface area (Å²) in [6.45, 7) is 1.26. The molecule has 1 aliphatic rings.